The number of rotatable bonds is 10. The Bertz CT molecular complexity index is 2030. The van der Waals surface area contributed by atoms with Crippen LogP contribution in [-0.4, -0.2) is 72.7 Å². The van der Waals surface area contributed by atoms with Crippen molar-refractivity contribution in [2.75, 3.05) is 23.7 Å². The fourth-order valence-electron chi connectivity index (χ4n) is 11.4. The molecule has 11 nitrogen and oxygen atoms in total. The molecular formula is C44H59N5O6S. The largest absolute Gasteiger partial charge is 0.478 e. The van der Waals surface area contributed by atoms with Crippen molar-refractivity contribution in [1.82, 2.24) is 20.1 Å². The van der Waals surface area contributed by atoms with Crippen LogP contribution in [0.15, 0.2) is 36.5 Å². The third-order valence-electron chi connectivity index (χ3n) is 12.0. The summed E-state index contributed by atoms with van der Waals surface area (Å²) in [5, 5.41) is 17.9. The first-order valence-corrected chi connectivity index (χ1v) is 21.0. The van der Waals surface area contributed by atoms with Crippen molar-refractivity contribution in [2.24, 2.45) is 16.2 Å². The summed E-state index contributed by atoms with van der Waals surface area (Å²) in [6.07, 6.45) is 9.22. The van der Waals surface area contributed by atoms with Crippen molar-refractivity contribution in [3.8, 4) is 11.1 Å². The normalized spacial score (nSPS) is 26.8. The molecule has 2 unspecified atom stereocenters. The van der Waals surface area contributed by atoms with Gasteiger partial charge in [0.05, 0.1) is 11.8 Å². The van der Waals surface area contributed by atoms with Gasteiger partial charge in [0, 0.05) is 53.5 Å². The van der Waals surface area contributed by atoms with Gasteiger partial charge < -0.3 is 24.8 Å². The molecule has 3 heterocycles. The summed E-state index contributed by atoms with van der Waals surface area (Å²) >= 11 is 2.03. The van der Waals surface area contributed by atoms with Crippen molar-refractivity contribution in [3.63, 3.8) is 0 Å². The second-order valence-electron chi connectivity index (χ2n) is 19.9. The number of nitrogens with zero attached hydrogens (tertiary/aromatic N) is 4. The van der Waals surface area contributed by atoms with E-state index in [1.54, 1.807) is 12.1 Å². The molecule has 4 fully saturated rings. The number of aromatic nitrogens is 3. The highest BCUT2D eigenvalue weighted by Crippen LogP contribution is 2.74. The minimum atomic E-state index is -0.952. The van der Waals surface area contributed by atoms with E-state index >= 15 is 0 Å². The van der Waals surface area contributed by atoms with Crippen molar-refractivity contribution < 1.29 is 29.0 Å². The first-order chi connectivity index (χ1) is 26.1. The molecule has 2 aromatic heterocycles. The summed E-state index contributed by atoms with van der Waals surface area (Å²) in [5.41, 5.74) is 4.12. The average Bonchev–Trinajstić information content (AvgIpc) is 3.41. The number of carboxylic acid groups (broad SMARTS) is 1. The lowest BCUT2D eigenvalue weighted by Crippen LogP contribution is -2.62. The van der Waals surface area contributed by atoms with E-state index in [9.17, 15) is 19.5 Å². The monoisotopic (exact) mass is 785 g/mol. The Kier molecular flexibility index (Phi) is 10.1. The van der Waals surface area contributed by atoms with Crippen molar-refractivity contribution in [2.45, 2.75) is 136 Å². The summed E-state index contributed by atoms with van der Waals surface area (Å²) in [7, 11) is 0. The summed E-state index contributed by atoms with van der Waals surface area (Å²) in [6, 6.07) is 9.29. The number of amides is 1. The molecule has 1 aromatic carbocycles. The second kappa shape index (κ2) is 14.1. The maximum Gasteiger partial charge on any atom is 0.407 e. The first-order valence-electron chi connectivity index (χ1n) is 20.0. The van der Waals surface area contributed by atoms with Gasteiger partial charge in [0.1, 0.15) is 17.0 Å². The highest BCUT2D eigenvalue weighted by Gasteiger charge is 2.65. The van der Waals surface area contributed by atoms with Gasteiger partial charge in [-0.05, 0) is 139 Å². The SMILES string of the molecule is Cc1c(-c2ccc(N3CCc4cccc(C(=O)O)c4C3)nc2C(=O)OC(C)(C)C)cnn1CC12CC3(C)CC(C)(C1)CC(SCCNC(=O)OC(C)(C)C)(C3)C2. The Morgan fingerprint density at radius 3 is 2.27 bits per heavy atom. The minimum Gasteiger partial charge on any atom is -0.478 e. The van der Waals surface area contributed by atoms with Crippen LogP contribution < -0.4 is 10.2 Å². The zero-order valence-electron chi connectivity index (χ0n) is 34.6. The lowest BCUT2D eigenvalue weighted by Gasteiger charge is -2.69. The Morgan fingerprint density at radius 2 is 1.61 bits per heavy atom. The number of carboxylic acids is 1. The molecule has 2 atom stereocenters. The Balaban J connectivity index is 1.15. The Labute approximate surface area is 335 Å². The van der Waals surface area contributed by atoms with Crippen LogP contribution in [0.1, 0.15) is 132 Å². The lowest BCUT2D eigenvalue weighted by atomic mass is 9.40. The lowest BCUT2D eigenvalue weighted by molar-refractivity contribution is -0.139. The number of ether oxygens (including phenoxy) is 2. The molecule has 12 heteroatoms. The summed E-state index contributed by atoms with van der Waals surface area (Å²) in [4.78, 5) is 45.3. The van der Waals surface area contributed by atoms with Crippen molar-refractivity contribution in [1.29, 1.82) is 0 Å². The molecule has 1 amide bonds. The number of nitrogens with one attached hydrogen (secondary N) is 1. The zero-order valence-corrected chi connectivity index (χ0v) is 35.5. The van der Waals surface area contributed by atoms with Crippen LogP contribution in [0.25, 0.3) is 11.1 Å². The molecule has 5 aliphatic rings. The fraction of sp³-hybridized carbons (Fsp3) is 0.614. The van der Waals surface area contributed by atoms with Crippen LogP contribution >= 0.6 is 11.8 Å². The molecule has 302 valence electrons. The van der Waals surface area contributed by atoms with E-state index in [2.05, 4.69) is 30.8 Å². The van der Waals surface area contributed by atoms with E-state index in [-0.39, 0.29) is 32.8 Å². The maximum absolute atomic E-state index is 13.9. The topological polar surface area (TPSA) is 136 Å². The van der Waals surface area contributed by atoms with Gasteiger partial charge in [0.15, 0.2) is 5.69 Å². The van der Waals surface area contributed by atoms with E-state index in [0.717, 1.165) is 53.9 Å². The van der Waals surface area contributed by atoms with Gasteiger partial charge in [-0.1, -0.05) is 26.0 Å². The van der Waals surface area contributed by atoms with Crippen LogP contribution in [0, 0.1) is 23.2 Å². The number of anilines is 1. The highest BCUT2D eigenvalue weighted by molar-refractivity contribution is 8.00. The summed E-state index contributed by atoms with van der Waals surface area (Å²) in [6.45, 7) is 20.6. The number of carbonyl (C=O) groups is 3. The van der Waals surface area contributed by atoms with E-state index < -0.39 is 23.1 Å². The fourth-order valence-corrected chi connectivity index (χ4v) is 13.3. The molecule has 56 heavy (non-hydrogen) atoms. The standard InChI is InChI=1S/C44H59N5O6S/c1-28-32(30-13-14-34(47-35(30)37(52)54-39(2,3)4)48-17-15-29-11-10-12-31(36(50)51)33(29)20-48)19-46-49(28)27-43-22-41(8)21-42(9,23-43)25-44(24-41,26-43)56-18-16-45-38(53)55-40(5,6)7/h10-14,19H,15-18,20-27H2,1-9H3,(H,45,53)(H,50,51). The second-order valence-corrected chi connectivity index (χ2v) is 21.5. The molecular weight excluding hydrogens is 727 g/mol. The Hall–Kier alpha value is -4.06. The smallest absolute Gasteiger partial charge is 0.407 e. The van der Waals surface area contributed by atoms with E-state index in [4.69, 9.17) is 19.6 Å². The number of hydrogen-bond donors (Lipinski definition) is 2. The van der Waals surface area contributed by atoms with Crippen LogP contribution in [0.3, 0.4) is 0 Å². The molecule has 0 saturated heterocycles. The number of alkyl carbamates (subject to hydrolysis) is 1. The zero-order chi connectivity index (χ0) is 40.5. The first kappa shape index (κ1) is 40.1. The number of aromatic carboxylic acids is 1. The predicted molar refractivity (Wildman–Crippen MR) is 219 cm³/mol. The molecule has 4 saturated carbocycles. The van der Waals surface area contributed by atoms with E-state index in [1.807, 2.05) is 82.6 Å². The third-order valence-corrected chi connectivity index (χ3v) is 13.5. The number of pyridine rings is 1. The number of esters is 1. The summed E-state index contributed by atoms with van der Waals surface area (Å²) < 4.78 is 13.7. The van der Waals surface area contributed by atoms with Gasteiger partial charge in [-0.2, -0.15) is 16.9 Å². The molecule has 1 aliphatic heterocycles. The average molecular weight is 786 g/mol. The molecule has 2 N–H and O–H groups in total. The number of carbonyl (C=O) groups excluding carboxylic acids is 2. The maximum atomic E-state index is 13.9. The van der Waals surface area contributed by atoms with Crippen LogP contribution in [0.5, 0.6) is 0 Å². The van der Waals surface area contributed by atoms with Crippen LogP contribution in [0.2, 0.25) is 0 Å². The van der Waals surface area contributed by atoms with Gasteiger partial charge in [0.25, 0.3) is 0 Å². The summed E-state index contributed by atoms with van der Waals surface area (Å²) in [5.74, 6) is -0.0166. The van der Waals surface area contributed by atoms with E-state index in [0.29, 0.717) is 43.0 Å². The molecule has 4 aliphatic carbocycles. The van der Waals surface area contributed by atoms with Crippen molar-refractivity contribution >= 4 is 35.6 Å². The molecule has 0 spiro atoms. The predicted octanol–water partition coefficient (Wildman–Crippen LogP) is 8.85. The van der Waals surface area contributed by atoms with Gasteiger partial charge in [-0.25, -0.2) is 19.4 Å². The van der Waals surface area contributed by atoms with Gasteiger partial charge >= 0.3 is 18.0 Å². The van der Waals surface area contributed by atoms with Crippen LogP contribution in [-0.2, 0) is 29.0 Å². The number of thioether (sulfide) groups is 1. The van der Waals surface area contributed by atoms with Crippen molar-refractivity contribution in [3.05, 3.63) is 64.6 Å². The molecule has 0 radical (unpaired) electrons. The van der Waals surface area contributed by atoms with E-state index in [1.165, 1.54) is 19.3 Å². The number of fused-ring (bicyclic) bond motifs is 1. The van der Waals surface area contributed by atoms with Gasteiger partial charge in [-0.15, -0.1) is 0 Å². The minimum absolute atomic E-state index is 0.0767. The molecule has 4 bridgehead atoms. The number of benzene rings is 1. The molecule has 8 rings (SSSR count). The quantitative estimate of drug-likeness (QED) is 0.152. The molecule has 3 aromatic rings. The van der Waals surface area contributed by atoms with Gasteiger partial charge in [0.2, 0.25) is 0 Å². The number of hydrogen-bond acceptors (Lipinski definition) is 9. The Morgan fingerprint density at radius 1 is 0.911 bits per heavy atom. The highest BCUT2D eigenvalue weighted by atomic mass is 32.2. The third kappa shape index (κ3) is 8.31. The van der Waals surface area contributed by atoms with Gasteiger partial charge in [-0.3, -0.25) is 4.68 Å². The van der Waals surface area contributed by atoms with Crippen LogP contribution in [0.4, 0.5) is 10.6 Å².